The second-order valence-electron chi connectivity index (χ2n) is 8.50. The largest absolute Gasteiger partial charge is 0.425 e. The van der Waals surface area contributed by atoms with Crippen molar-refractivity contribution in [3.8, 4) is 5.95 Å². The number of anilines is 1. The van der Waals surface area contributed by atoms with Gasteiger partial charge in [0.25, 0.3) is 5.95 Å². The highest BCUT2D eigenvalue weighted by atomic mass is 19.1. The Balaban J connectivity index is 1.10. The van der Waals surface area contributed by atoms with Crippen LogP contribution in [0.25, 0.3) is 21.9 Å². The first-order valence-corrected chi connectivity index (χ1v) is 11.3. The lowest BCUT2D eigenvalue weighted by Gasteiger charge is -2.36. The van der Waals surface area contributed by atoms with E-state index in [-0.39, 0.29) is 11.8 Å². The molecule has 0 spiro atoms. The van der Waals surface area contributed by atoms with Gasteiger partial charge >= 0.3 is 6.09 Å². The summed E-state index contributed by atoms with van der Waals surface area (Å²) >= 11 is 0. The number of aromatic amines is 1. The van der Waals surface area contributed by atoms with Crippen LogP contribution in [0, 0.1) is 5.82 Å². The zero-order chi connectivity index (χ0) is 22.8. The number of furan rings is 1. The SMILES string of the molecule is NC(=O)Oc1cc2cc(N3CCN(CCCCc4c[nH]c5ccc(F)cc45)CC3)ccc2o1. The molecule has 172 valence electrons. The summed E-state index contributed by atoms with van der Waals surface area (Å²) in [5.74, 6) is -0.0789. The summed E-state index contributed by atoms with van der Waals surface area (Å²) in [7, 11) is 0. The van der Waals surface area contributed by atoms with Crippen LogP contribution >= 0.6 is 0 Å². The molecule has 4 aromatic rings. The lowest BCUT2D eigenvalue weighted by Crippen LogP contribution is -2.46. The Labute approximate surface area is 190 Å². The molecule has 0 radical (unpaired) electrons. The molecule has 0 bridgehead atoms. The van der Waals surface area contributed by atoms with Gasteiger partial charge in [0.1, 0.15) is 11.4 Å². The Bertz CT molecular complexity index is 1270. The van der Waals surface area contributed by atoms with Crippen LogP contribution in [0.15, 0.2) is 53.1 Å². The number of aromatic nitrogens is 1. The summed E-state index contributed by atoms with van der Waals surface area (Å²) in [6.07, 6.45) is 4.27. The van der Waals surface area contributed by atoms with Crippen molar-refractivity contribution < 1.29 is 18.3 Å². The Morgan fingerprint density at radius 1 is 1.09 bits per heavy atom. The van der Waals surface area contributed by atoms with Crippen molar-refractivity contribution in [3.05, 3.63) is 60.0 Å². The number of primary amides is 1. The van der Waals surface area contributed by atoms with Gasteiger partial charge in [-0.2, -0.15) is 0 Å². The average Bonchev–Trinajstić information content (AvgIpc) is 3.39. The first kappa shape index (κ1) is 21.3. The molecule has 1 fully saturated rings. The van der Waals surface area contributed by atoms with Crippen LogP contribution in [0.3, 0.4) is 0 Å². The minimum absolute atomic E-state index is 0.109. The fourth-order valence-corrected chi connectivity index (χ4v) is 4.59. The lowest BCUT2D eigenvalue weighted by molar-refractivity contribution is 0.199. The molecule has 3 N–H and O–H groups in total. The first-order valence-electron chi connectivity index (χ1n) is 11.3. The number of hydrogen-bond acceptors (Lipinski definition) is 5. The predicted molar refractivity (Wildman–Crippen MR) is 126 cm³/mol. The number of halogens is 1. The van der Waals surface area contributed by atoms with Crippen molar-refractivity contribution in [3.63, 3.8) is 0 Å². The standard InChI is InChI=1S/C25H27FN4O3/c26-19-4-6-22-21(15-19)17(16-28-22)3-1-2-8-29-9-11-30(12-10-29)20-5-7-23-18(13-20)14-24(32-23)33-25(27)31/h4-7,13-16,28H,1-3,8-12H2,(H2,27,31). The van der Waals surface area contributed by atoms with E-state index in [9.17, 15) is 9.18 Å². The number of unbranched alkanes of at least 4 members (excludes halogenated alkanes) is 1. The van der Waals surface area contributed by atoms with E-state index in [4.69, 9.17) is 14.9 Å². The number of hydrogen-bond donors (Lipinski definition) is 2. The maximum absolute atomic E-state index is 13.6. The Hall–Kier alpha value is -3.52. The monoisotopic (exact) mass is 450 g/mol. The van der Waals surface area contributed by atoms with Gasteiger partial charge in [0.2, 0.25) is 0 Å². The highest BCUT2D eigenvalue weighted by molar-refractivity contribution is 5.84. The summed E-state index contributed by atoms with van der Waals surface area (Å²) in [6.45, 7) is 5.00. The predicted octanol–water partition coefficient (Wildman–Crippen LogP) is 4.66. The third kappa shape index (κ3) is 4.80. The number of ether oxygens (including phenoxy) is 1. The number of rotatable bonds is 7. The highest BCUT2D eigenvalue weighted by Gasteiger charge is 2.18. The van der Waals surface area contributed by atoms with Crippen molar-refractivity contribution in [2.24, 2.45) is 5.73 Å². The zero-order valence-electron chi connectivity index (χ0n) is 18.4. The summed E-state index contributed by atoms with van der Waals surface area (Å²) in [4.78, 5) is 19.0. The number of H-pyrrole nitrogens is 1. The molecule has 5 rings (SSSR count). The number of nitrogens with one attached hydrogen (secondary N) is 1. The molecular weight excluding hydrogens is 423 g/mol. The molecule has 0 atom stereocenters. The number of nitrogens with two attached hydrogens (primary N) is 1. The maximum atomic E-state index is 13.6. The summed E-state index contributed by atoms with van der Waals surface area (Å²) in [5, 5.41) is 1.87. The summed E-state index contributed by atoms with van der Waals surface area (Å²) in [6, 6.07) is 12.6. The number of amides is 1. The third-order valence-corrected chi connectivity index (χ3v) is 6.32. The van der Waals surface area contributed by atoms with E-state index in [1.807, 2.05) is 24.4 Å². The molecule has 3 heterocycles. The molecule has 1 amide bonds. The van der Waals surface area contributed by atoms with Crippen molar-refractivity contribution in [1.29, 1.82) is 0 Å². The third-order valence-electron chi connectivity index (χ3n) is 6.32. The van der Waals surface area contributed by atoms with Gasteiger partial charge in [-0.1, -0.05) is 0 Å². The number of piperazine rings is 1. The van der Waals surface area contributed by atoms with Gasteiger partial charge in [0.15, 0.2) is 0 Å². The summed E-state index contributed by atoms with van der Waals surface area (Å²) < 4.78 is 23.9. The minimum Gasteiger partial charge on any atom is -0.425 e. The normalized spacial score (nSPS) is 14.9. The van der Waals surface area contributed by atoms with Crippen molar-refractivity contribution in [2.45, 2.75) is 19.3 Å². The van der Waals surface area contributed by atoms with Crippen LogP contribution < -0.4 is 15.4 Å². The molecule has 7 nitrogen and oxygen atoms in total. The molecule has 1 aliphatic heterocycles. The van der Waals surface area contributed by atoms with Crippen LogP contribution in [-0.2, 0) is 6.42 Å². The molecule has 1 saturated heterocycles. The second kappa shape index (κ2) is 9.15. The molecule has 2 aromatic carbocycles. The maximum Gasteiger partial charge on any atom is 0.412 e. The van der Waals surface area contributed by atoms with E-state index in [0.717, 1.165) is 74.0 Å². The number of carbonyl (C=O) groups is 1. The smallest absolute Gasteiger partial charge is 0.412 e. The van der Waals surface area contributed by atoms with Crippen LogP contribution in [-0.4, -0.2) is 48.7 Å². The molecule has 0 aliphatic carbocycles. The Morgan fingerprint density at radius 3 is 2.76 bits per heavy atom. The Kier molecular flexibility index (Phi) is 5.92. The second-order valence-corrected chi connectivity index (χ2v) is 8.50. The van der Waals surface area contributed by atoms with E-state index >= 15 is 0 Å². The molecule has 33 heavy (non-hydrogen) atoms. The summed E-state index contributed by atoms with van der Waals surface area (Å²) in [5.41, 5.74) is 9.02. The minimum atomic E-state index is -0.888. The van der Waals surface area contributed by atoms with Gasteiger partial charge in [-0.3, -0.25) is 4.90 Å². The van der Waals surface area contributed by atoms with Crippen LogP contribution in [0.2, 0.25) is 0 Å². The van der Waals surface area contributed by atoms with Crippen molar-refractivity contribution in [1.82, 2.24) is 9.88 Å². The van der Waals surface area contributed by atoms with Gasteiger partial charge in [-0.05, 0) is 67.8 Å². The quantitative estimate of drug-likeness (QED) is 0.400. The van der Waals surface area contributed by atoms with E-state index in [0.29, 0.717) is 5.58 Å². The van der Waals surface area contributed by atoms with Gasteiger partial charge in [-0.25, -0.2) is 9.18 Å². The number of nitrogens with zero attached hydrogens (tertiary/aromatic N) is 2. The van der Waals surface area contributed by atoms with E-state index in [1.165, 1.54) is 11.6 Å². The first-order chi connectivity index (χ1) is 16.0. The van der Waals surface area contributed by atoms with Gasteiger partial charge in [0.05, 0.1) is 0 Å². The van der Waals surface area contributed by atoms with E-state index in [1.54, 1.807) is 18.2 Å². The molecule has 0 saturated carbocycles. The fourth-order valence-electron chi connectivity index (χ4n) is 4.59. The van der Waals surface area contributed by atoms with Crippen LogP contribution in [0.1, 0.15) is 18.4 Å². The van der Waals surface area contributed by atoms with Crippen molar-refractivity contribution in [2.75, 3.05) is 37.6 Å². The molecule has 1 aliphatic rings. The average molecular weight is 451 g/mol. The van der Waals surface area contributed by atoms with Gasteiger partial charge < -0.3 is 24.8 Å². The fraction of sp³-hybridized carbons (Fsp3) is 0.320. The zero-order valence-corrected chi connectivity index (χ0v) is 18.4. The van der Waals surface area contributed by atoms with E-state index < -0.39 is 6.09 Å². The molecular formula is C25H27FN4O3. The topological polar surface area (TPSA) is 87.7 Å². The Morgan fingerprint density at radius 2 is 1.94 bits per heavy atom. The lowest BCUT2D eigenvalue weighted by atomic mass is 10.1. The van der Waals surface area contributed by atoms with Crippen molar-refractivity contribution >= 4 is 33.7 Å². The van der Waals surface area contributed by atoms with E-state index in [2.05, 4.69) is 14.8 Å². The molecule has 0 unspecified atom stereocenters. The van der Waals surface area contributed by atoms with Gasteiger partial charge in [0, 0.05) is 60.4 Å². The van der Waals surface area contributed by atoms with Crippen LogP contribution in [0.4, 0.5) is 14.9 Å². The number of benzene rings is 2. The molecule has 2 aromatic heterocycles. The number of fused-ring (bicyclic) bond motifs is 2. The highest BCUT2D eigenvalue weighted by Crippen LogP contribution is 2.29. The van der Waals surface area contributed by atoms with Crippen LogP contribution in [0.5, 0.6) is 5.95 Å². The van der Waals surface area contributed by atoms with Gasteiger partial charge in [-0.15, -0.1) is 0 Å². The number of aryl methyl sites for hydroxylation is 1. The molecule has 8 heteroatoms. The number of carbonyl (C=O) groups excluding carboxylic acids is 1.